The lowest BCUT2D eigenvalue weighted by Gasteiger charge is -2.09. The normalized spacial score (nSPS) is 13.1. The molecule has 19 heavy (non-hydrogen) atoms. The van der Waals surface area contributed by atoms with Gasteiger partial charge in [-0.25, -0.2) is 0 Å². The van der Waals surface area contributed by atoms with Gasteiger partial charge in [-0.3, -0.25) is 4.98 Å². The first-order chi connectivity index (χ1) is 8.84. The largest absolute Gasteiger partial charge is 0.417 e. The molecule has 0 radical (unpaired) electrons. The average Bonchev–Trinajstić information content (AvgIpc) is 2.33. The first-order valence-corrected chi connectivity index (χ1v) is 6.55. The van der Waals surface area contributed by atoms with Gasteiger partial charge in [0.2, 0.25) is 0 Å². The smallest absolute Gasteiger partial charge is 0.261 e. The Kier molecular flexibility index (Phi) is 5.58. The van der Waals surface area contributed by atoms with Crippen LogP contribution in [0.4, 0.5) is 13.2 Å². The molecular formula is C15H20F3N. The van der Waals surface area contributed by atoms with Crippen LogP contribution in [0.3, 0.4) is 0 Å². The van der Waals surface area contributed by atoms with Crippen LogP contribution in [-0.2, 0) is 12.6 Å². The standard InChI is InChI=1S/C15H20F3N/c1-4-12(11(2)3)6-5-7-14-9-8-13(10-19-14)15(16,17)18/h6,8-11H,4-5,7H2,1-3H3. The van der Waals surface area contributed by atoms with Crippen molar-refractivity contribution in [2.45, 2.75) is 46.2 Å². The second-order valence-electron chi connectivity index (χ2n) is 4.86. The zero-order valence-corrected chi connectivity index (χ0v) is 11.6. The zero-order valence-electron chi connectivity index (χ0n) is 11.6. The summed E-state index contributed by atoms with van der Waals surface area (Å²) in [5, 5.41) is 0. The second-order valence-corrected chi connectivity index (χ2v) is 4.86. The van der Waals surface area contributed by atoms with E-state index < -0.39 is 11.7 Å². The van der Waals surface area contributed by atoms with E-state index in [2.05, 4.69) is 31.8 Å². The van der Waals surface area contributed by atoms with Crippen LogP contribution in [0.5, 0.6) is 0 Å². The maximum Gasteiger partial charge on any atom is 0.417 e. The van der Waals surface area contributed by atoms with E-state index in [1.165, 1.54) is 11.6 Å². The highest BCUT2D eigenvalue weighted by Gasteiger charge is 2.30. The Morgan fingerprint density at radius 1 is 1.32 bits per heavy atom. The van der Waals surface area contributed by atoms with Crippen molar-refractivity contribution in [1.29, 1.82) is 0 Å². The van der Waals surface area contributed by atoms with Crippen molar-refractivity contribution in [2.24, 2.45) is 5.92 Å². The van der Waals surface area contributed by atoms with Crippen molar-refractivity contribution in [3.05, 3.63) is 41.2 Å². The molecule has 0 spiro atoms. The first-order valence-electron chi connectivity index (χ1n) is 6.55. The molecule has 0 unspecified atom stereocenters. The van der Waals surface area contributed by atoms with Crippen LogP contribution in [0.15, 0.2) is 30.0 Å². The molecule has 0 saturated heterocycles. The number of hydrogen-bond donors (Lipinski definition) is 0. The molecule has 0 bridgehead atoms. The number of aryl methyl sites for hydroxylation is 1. The van der Waals surface area contributed by atoms with Crippen molar-refractivity contribution < 1.29 is 13.2 Å². The summed E-state index contributed by atoms with van der Waals surface area (Å²) in [5.74, 6) is 0.519. The predicted molar refractivity (Wildman–Crippen MR) is 70.8 cm³/mol. The van der Waals surface area contributed by atoms with Crippen LogP contribution in [0, 0.1) is 5.92 Å². The minimum Gasteiger partial charge on any atom is -0.261 e. The average molecular weight is 271 g/mol. The van der Waals surface area contributed by atoms with Crippen molar-refractivity contribution in [3.8, 4) is 0 Å². The molecule has 0 aliphatic heterocycles. The van der Waals surface area contributed by atoms with E-state index in [-0.39, 0.29) is 0 Å². The van der Waals surface area contributed by atoms with Gasteiger partial charge in [0.1, 0.15) is 0 Å². The first kappa shape index (κ1) is 15.7. The topological polar surface area (TPSA) is 12.9 Å². The lowest BCUT2D eigenvalue weighted by atomic mass is 9.99. The molecule has 106 valence electrons. The van der Waals surface area contributed by atoms with Crippen molar-refractivity contribution in [3.63, 3.8) is 0 Å². The van der Waals surface area contributed by atoms with Gasteiger partial charge >= 0.3 is 6.18 Å². The number of halogens is 3. The van der Waals surface area contributed by atoms with Crippen molar-refractivity contribution in [2.75, 3.05) is 0 Å². The highest BCUT2D eigenvalue weighted by atomic mass is 19.4. The molecule has 4 heteroatoms. The number of alkyl halides is 3. The summed E-state index contributed by atoms with van der Waals surface area (Å²) < 4.78 is 37.1. The maximum atomic E-state index is 12.4. The third-order valence-corrected chi connectivity index (χ3v) is 3.11. The molecule has 1 rings (SSSR count). The van der Waals surface area contributed by atoms with Gasteiger partial charge in [-0.15, -0.1) is 0 Å². The molecule has 0 atom stereocenters. The maximum absolute atomic E-state index is 12.4. The van der Waals surface area contributed by atoms with Gasteiger partial charge in [0.05, 0.1) is 5.56 Å². The molecule has 1 aromatic heterocycles. The number of aromatic nitrogens is 1. The minimum absolute atomic E-state index is 0.519. The summed E-state index contributed by atoms with van der Waals surface area (Å²) in [6.45, 7) is 6.40. The Hall–Kier alpha value is -1.32. The number of rotatable bonds is 5. The highest BCUT2D eigenvalue weighted by molar-refractivity contribution is 5.17. The van der Waals surface area contributed by atoms with Crippen LogP contribution in [0.2, 0.25) is 0 Å². The van der Waals surface area contributed by atoms with E-state index in [0.717, 1.165) is 25.1 Å². The highest BCUT2D eigenvalue weighted by Crippen LogP contribution is 2.28. The van der Waals surface area contributed by atoms with Gasteiger partial charge in [0.25, 0.3) is 0 Å². The lowest BCUT2D eigenvalue weighted by Crippen LogP contribution is -2.05. The van der Waals surface area contributed by atoms with Crippen LogP contribution >= 0.6 is 0 Å². The molecule has 1 heterocycles. The predicted octanol–water partition coefficient (Wildman–Crippen LogP) is 5.03. The summed E-state index contributed by atoms with van der Waals surface area (Å²) in [6.07, 6.45) is 1.27. The molecule has 0 aromatic carbocycles. The van der Waals surface area contributed by atoms with E-state index >= 15 is 0 Å². The summed E-state index contributed by atoms with van der Waals surface area (Å²) in [5.41, 5.74) is 1.39. The third kappa shape index (κ3) is 5.05. The molecule has 0 fully saturated rings. The molecule has 1 nitrogen and oxygen atoms in total. The molecule has 1 aromatic rings. The van der Waals surface area contributed by atoms with Crippen LogP contribution in [-0.4, -0.2) is 4.98 Å². The van der Waals surface area contributed by atoms with E-state index in [4.69, 9.17) is 0 Å². The fourth-order valence-electron chi connectivity index (χ4n) is 1.93. The molecular weight excluding hydrogens is 251 g/mol. The monoisotopic (exact) mass is 271 g/mol. The fraction of sp³-hybridized carbons (Fsp3) is 0.533. The number of pyridine rings is 1. The third-order valence-electron chi connectivity index (χ3n) is 3.11. The number of allylic oxidation sites excluding steroid dienone is 2. The lowest BCUT2D eigenvalue weighted by molar-refractivity contribution is -0.137. The molecule has 0 saturated carbocycles. The Labute approximate surface area is 112 Å². The molecule has 0 amide bonds. The second kappa shape index (κ2) is 6.73. The van der Waals surface area contributed by atoms with Crippen molar-refractivity contribution >= 4 is 0 Å². The van der Waals surface area contributed by atoms with Gasteiger partial charge in [0.15, 0.2) is 0 Å². The fourth-order valence-corrected chi connectivity index (χ4v) is 1.93. The van der Waals surface area contributed by atoms with E-state index in [1.807, 2.05) is 0 Å². The Morgan fingerprint density at radius 2 is 2.00 bits per heavy atom. The van der Waals surface area contributed by atoms with Crippen LogP contribution < -0.4 is 0 Å². The van der Waals surface area contributed by atoms with Crippen LogP contribution in [0.25, 0.3) is 0 Å². The number of hydrogen-bond acceptors (Lipinski definition) is 1. The zero-order chi connectivity index (χ0) is 14.5. The van der Waals surface area contributed by atoms with Gasteiger partial charge in [-0.2, -0.15) is 13.2 Å². The Morgan fingerprint density at radius 3 is 2.42 bits per heavy atom. The van der Waals surface area contributed by atoms with E-state index in [9.17, 15) is 13.2 Å². The summed E-state index contributed by atoms with van der Waals surface area (Å²) in [4.78, 5) is 3.86. The van der Waals surface area contributed by atoms with Gasteiger partial charge < -0.3 is 0 Å². The molecule has 0 N–H and O–H groups in total. The van der Waals surface area contributed by atoms with Crippen LogP contribution in [0.1, 0.15) is 44.9 Å². The van der Waals surface area contributed by atoms with Gasteiger partial charge in [-0.1, -0.05) is 32.4 Å². The summed E-state index contributed by atoms with van der Waals surface area (Å²) in [6, 6.07) is 2.55. The minimum atomic E-state index is -4.31. The Bertz CT molecular complexity index is 416. The van der Waals surface area contributed by atoms with Gasteiger partial charge in [-0.05, 0) is 37.3 Å². The van der Waals surface area contributed by atoms with E-state index in [0.29, 0.717) is 18.0 Å². The number of nitrogens with zero attached hydrogens (tertiary/aromatic N) is 1. The molecule has 0 aliphatic rings. The van der Waals surface area contributed by atoms with Gasteiger partial charge in [0, 0.05) is 11.9 Å². The summed E-state index contributed by atoms with van der Waals surface area (Å²) >= 11 is 0. The van der Waals surface area contributed by atoms with Crippen molar-refractivity contribution in [1.82, 2.24) is 4.98 Å². The molecule has 0 aliphatic carbocycles. The quantitative estimate of drug-likeness (QED) is 0.685. The SMILES string of the molecule is CCC(=CCCc1ccc(C(F)(F)F)cn1)C(C)C. The summed E-state index contributed by atoms with van der Waals surface area (Å²) in [7, 11) is 0. The van der Waals surface area contributed by atoms with E-state index in [1.54, 1.807) is 0 Å². The Balaban J connectivity index is 2.60.